The number of carbonyl (C=O) groups excluding carboxylic acids is 1. The van der Waals surface area contributed by atoms with Crippen LogP contribution in [0, 0.1) is 13.8 Å². The first-order valence-electron chi connectivity index (χ1n) is 8.41. The van der Waals surface area contributed by atoms with Crippen molar-refractivity contribution in [3.63, 3.8) is 0 Å². The Morgan fingerprint density at radius 2 is 1.77 bits per heavy atom. The molecular formula is C21H18N4O. The minimum absolute atomic E-state index is 0.194. The zero-order valence-corrected chi connectivity index (χ0v) is 14.6. The number of carbonyl (C=O) groups is 1. The number of anilines is 1. The molecule has 0 aliphatic rings. The second kappa shape index (κ2) is 6.44. The Balaban J connectivity index is 1.68. The Bertz CT molecular complexity index is 1100. The summed E-state index contributed by atoms with van der Waals surface area (Å²) in [6.07, 6.45) is 1.60. The van der Waals surface area contributed by atoms with E-state index in [-0.39, 0.29) is 5.91 Å². The summed E-state index contributed by atoms with van der Waals surface area (Å²) in [6.45, 7) is 3.83. The van der Waals surface area contributed by atoms with Crippen molar-refractivity contribution in [2.24, 2.45) is 0 Å². The van der Waals surface area contributed by atoms with E-state index >= 15 is 0 Å². The van der Waals surface area contributed by atoms with Crippen molar-refractivity contribution in [1.29, 1.82) is 0 Å². The van der Waals surface area contributed by atoms with E-state index < -0.39 is 0 Å². The summed E-state index contributed by atoms with van der Waals surface area (Å²) in [5, 5.41) is 8.34. The quantitative estimate of drug-likeness (QED) is 0.604. The number of aromatic nitrogens is 3. The van der Waals surface area contributed by atoms with E-state index in [0.717, 1.165) is 28.0 Å². The van der Waals surface area contributed by atoms with Crippen molar-refractivity contribution < 1.29 is 4.79 Å². The number of rotatable bonds is 3. The van der Waals surface area contributed by atoms with Crippen molar-refractivity contribution >= 4 is 22.5 Å². The maximum Gasteiger partial charge on any atom is 0.259 e. The SMILES string of the molecule is Cc1ccc2cccc(NC(=O)c3cnn(-c4ccccc4)c3C)c2n1. The highest BCUT2D eigenvalue weighted by Gasteiger charge is 2.16. The number of aryl methyl sites for hydroxylation is 1. The lowest BCUT2D eigenvalue weighted by Gasteiger charge is -2.09. The minimum atomic E-state index is -0.194. The van der Waals surface area contributed by atoms with Gasteiger partial charge in [0.1, 0.15) is 0 Å². The number of amides is 1. The minimum Gasteiger partial charge on any atom is -0.320 e. The normalized spacial score (nSPS) is 10.8. The van der Waals surface area contributed by atoms with Gasteiger partial charge >= 0.3 is 0 Å². The second-order valence-corrected chi connectivity index (χ2v) is 6.18. The second-order valence-electron chi connectivity index (χ2n) is 6.18. The van der Waals surface area contributed by atoms with Gasteiger partial charge in [-0.3, -0.25) is 9.78 Å². The van der Waals surface area contributed by atoms with Gasteiger partial charge in [-0.2, -0.15) is 5.10 Å². The van der Waals surface area contributed by atoms with Crippen molar-refractivity contribution in [3.05, 3.63) is 83.8 Å². The van der Waals surface area contributed by atoms with Gasteiger partial charge in [-0.05, 0) is 38.1 Å². The zero-order valence-electron chi connectivity index (χ0n) is 14.6. The summed E-state index contributed by atoms with van der Waals surface area (Å²) in [5.41, 5.74) is 4.65. The Labute approximate surface area is 151 Å². The molecule has 4 rings (SSSR count). The highest BCUT2D eigenvalue weighted by Crippen LogP contribution is 2.23. The molecule has 5 heteroatoms. The molecule has 0 atom stereocenters. The molecule has 2 aromatic heterocycles. The molecule has 0 bridgehead atoms. The highest BCUT2D eigenvalue weighted by atomic mass is 16.1. The van der Waals surface area contributed by atoms with Crippen LogP contribution < -0.4 is 5.32 Å². The summed E-state index contributed by atoms with van der Waals surface area (Å²) < 4.78 is 1.76. The number of hydrogen-bond acceptors (Lipinski definition) is 3. The van der Waals surface area contributed by atoms with E-state index in [1.165, 1.54) is 0 Å². The van der Waals surface area contributed by atoms with E-state index in [0.29, 0.717) is 11.3 Å². The standard InChI is InChI=1S/C21H18N4O/c1-14-11-12-16-7-6-10-19(20(16)23-14)24-21(26)18-13-22-25(15(18)2)17-8-4-3-5-9-17/h3-13H,1-2H3,(H,24,26). The molecule has 1 amide bonds. The number of para-hydroxylation sites is 2. The van der Waals surface area contributed by atoms with Gasteiger partial charge in [0.15, 0.2) is 0 Å². The summed E-state index contributed by atoms with van der Waals surface area (Å²) in [6, 6.07) is 19.5. The molecule has 128 valence electrons. The number of benzene rings is 2. The van der Waals surface area contributed by atoms with Crippen LogP contribution in [0.25, 0.3) is 16.6 Å². The number of pyridine rings is 1. The lowest BCUT2D eigenvalue weighted by atomic mass is 10.1. The number of nitrogens with one attached hydrogen (secondary N) is 1. The van der Waals surface area contributed by atoms with Crippen LogP contribution in [-0.2, 0) is 0 Å². The lowest BCUT2D eigenvalue weighted by Crippen LogP contribution is -2.13. The van der Waals surface area contributed by atoms with E-state index in [9.17, 15) is 4.79 Å². The van der Waals surface area contributed by atoms with Gasteiger partial charge in [-0.25, -0.2) is 4.68 Å². The fourth-order valence-electron chi connectivity index (χ4n) is 3.00. The van der Waals surface area contributed by atoms with Crippen molar-refractivity contribution in [2.75, 3.05) is 5.32 Å². The largest absolute Gasteiger partial charge is 0.320 e. The average Bonchev–Trinajstić information content (AvgIpc) is 3.04. The monoisotopic (exact) mass is 342 g/mol. The number of nitrogens with zero attached hydrogens (tertiary/aromatic N) is 3. The predicted octanol–water partition coefficient (Wildman–Crippen LogP) is 4.29. The van der Waals surface area contributed by atoms with Gasteiger partial charge in [0.05, 0.1) is 34.3 Å². The first kappa shape index (κ1) is 16.0. The molecular weight excluding hydrogens is 324 g/mol. The van der Waals surface area contributed by atoms with Crippen molar-refractivity contribution in [1.82, 2.24) is 14.8 Å². The lowest BCUT2D eigenvalue weighted by molar-refractivity contribution is 0.102. The molecule has 26 heavy (non-hydrogen) atoms. The van der Waals surface area contributed by atoms with Crippen LogP contribution in [0.4, 0.5) is 5.69 Å². The van der Waals surface area contributed by atoms with E-state index in [4.69, 9.17) is 0 Å². The first-order valence-corrected chi connectivity index (χ1v) is 8.41. The maximum atomic E-state index is 12.8. The van der Waals surface area contributed by atoms with Gasteiger partial charge in [0.25, 0.3) is 5.91 Å². The van der Waals surface area contributed by atoms with Crippen molar-refractivity contribution in [3.8, 4) is 5.69 Å². The molecule has 2 heterocycles. The molecule has 1 N–H and O–H groups in total. The molecule has 0 aliphatic carbocycles. The molecule has 0 radical (unpaired) electrons. The molecule has 0 aliphatic heterocycles. The fraction of sp³-hybridized carbons (Fsp3) is 0.0952. The Hall–Kier alpha value is -3.47. The molecule has 0 fully saturated rings. The Morgan fingerprint density at radius 1 is 0.962 bits per heavy atom. The van der Waals surface area contributed by atoms with Gasteiger partial charge in [0, 0.05) is 11.1 Å². The van der Waals surface area contributed by atoms with Crippen LogP contribution >= 0.6 is 0 Å². The van der Waals surface area contributed by atoms with Crippen LogP contribution in [0.1, 0.15) is 21.7 Å². The van der Waals surface area contributed by atoms with Gasteiger partial charge in [-0.1, -0.05) is 36.4 Å². The molecule has 4 aromatic rings. The van der Waals surface area contributed by atoms with Gasteiger partial charge < -0.3 is 5.32 Å². The smallest absolute Gasteiger partial charge is 0.259 e. The fourth-order valence-corrected chi connectivity index (χ4v) is 3.00. The van der Waals surface area contributed by atoms with E-state index in [2.05, 4.69) is 15.4 Å². The molecule has 0 saturated heterocycles. The Morgan fingerprint density at radius 3 is 2.58 bits per heavy atom. The van der Waals surface area contributed by atoms with E-state index in [1.807, 2.05) is 74.5 Å². The topological polar surface area (TPSA) is 59.8 Å². The van der Waals surface area contributed by atoms with Crippen LogP contribution in [0.3, 0.4) is 0 Å². The summed E-state index contributed by atoms with van der Waals surface area (Å²) in [5.74, 6) is -0.194. The van der Waals surface area contributed by atoms with Crippen molar-refractivity contribution in [2.45, 2.75) is 13.8 Å². The summed E-state index contributed by atoms with van der Waals surface area (Å²) >= 11 is 0. The molecule has 5 nitrogen and oxygen atoms in total. The van der Waals surface area contributed by atoms with Crippen LogP contribution in [0.2, 0.25) is 0 Å². The molecule has 0 saturated carbocycles. The maximum absolute atomic E-state index is 12.8. The third kappa shape index (κ3) is 2.84. The van der Waals surface area contributed by atoms with Crippen LogP contribution in [-0.4, -0.2) is 20.7 Å². The first-order chi connectivity index (χ1) is 12.6. The summed E-state index contributed by atoms with van der Waals surface area (Å²) in [7, 11) is 0. The molecule has 0 unspecified atom stereocenters. The van der Waals surface area contributed by atoms with E-state index in [1.54, 1.807) is 10.9 Å². The highest BCUT2D eigenvalue weighted by molar-refractivity contribution is 6.08. The number of hydrogen-bond donors (Lipinski definition) is 1. The summed E-state index contributed by atoms with van der Waals surface area (Å²) in [4.78, 5) is 17.4. The Kier molecular flexibility index (Phi) is 3.97. The predicted molar refractivity (Wildman–Crippen MR) is 103 cm³/mol. The molecule has 0 spiro atoms. The third-order valence-electron chi connectivity index (χ3n) is 4.36. The van der Waals surface area contributed by atoms with Gasteiger partial charge in [-0.15, -0.1) is 0 Å². The molecule has 2 aromatic carbocycles. The van der Waals surface area contributed by atoms with Crippen LogP contribution in [0.5, 0.6) is 0 Å². The number of fused-ring (bicyclic) bond motifs is 1. The van der Waals surface area contributed by atoms with Gasteiger partial charge in [0.2, 0.25) is 0 Å². The van der Waals surface area contributed by atoms with Crippen LogP contribution in [0.15, 0.2) is 66.9 Å². The zero-order chi connectivity index (χ0) is 18.1. The third-order valence-corrected chi connectivity index (χ3v) is 4.36. The average molecular weight is 342 g/mol.